The summed E-state index contributed by atoms with van der Waals surface area (Å²) in [5.74, 6) is -1.46. The monoisotopic (exact) mass is 1340 g/mol. The van der Waals surface area contributed by atoms with Crippen LogP contribution < -0.4 is 4.74 Å². The number of pyridine rings is 1. The van der Waals surface area contributed by atoms with Crippen molar-refractivity contribution in [3.8, 4) is 17.7 Å². The molecular formula is C50H50ClN11O17S7. The average Bonchev–Trinajstić information content (AvgIpc) is 1.73. The minimum atomic E-state index is -4.62. The summed E-state index contributed by atoms with van der Waals surface area (Å²) in [5.41, 5.74) is 4.36. The minimum absolute atomic E-state index is 0.0289. The molecule has 7 aromatic rings. The number of hydrogen-bond acceptors (Lipinski definition) is 25. The van der Waals surface area contributed by atoms with Crippen LogP contribution in [0.1, 0.15) is 53.5 Å². The Balaban J connectivity index is 0.00000286. The van der Waals surface area contributed by atoms with E-state index in [0.29, 0.717) is 59.9 Å². The standard InChI is InChI=1S/C50H50ClN11O14S6.O3S/c1-29-21-41(58-61-48-32(4)36(28-52)49-53-40-24-35(82(73,74)75)13-14-44(40)62(49)50(48)63)45(76-15-5-6-18-79(64,65)66)25-37(29)56-59-42-23-31(3)39(27-47(42)78-17-8-20-81(70,71)72)57-60-43-22-30(2)38(55-54-34-11-9-33(51)10-12-34)26-46(43)77-16-7-19-80(67,68)69;1-4(2)3/h9-14,21-27,63H,5-8,15-20H2,1-4H3,(H,64,65,66)(H,67,68,69)(H,70,71,72)(H,73,74,75);. The first-order chi connectivity index (χ1) is 40.3. The lowest BCUT2D eigenvalue weighted by Gasteiger charge is -2.12. The van der Waals surface area contributed by atoms with Crippen molar-refractivity contribution in [3.63, 3.8) is 0 Å². The van der Waals surface area contributed by atoms with Gasteiger partial charge in [-0.05, 0) is 154 Å². The van der Waals surface area contributed by atoms with Gasteiger partial charge in [0.25, 0.3) is 40.5 Å². The number of imidazole rings is 1. The van der Waals surface area contributed by atoms with Crippen LogP contribution >= 0.6 is 35.1 Å². The number of fused-ring (bicyclic) bond motifs is 3. The molecule has 36 heteroatoms. The van der Waals surface area contributed by atoms with Gasteiger partial charge in [-0.3, -0.25) is 22.6 Å². The van der Waals surface area contributed by atoms with Crippen molar-refractivity contribution in [1.82, 2.24) is 9.38 Å². The van der Waals surface area contributed by atoms with Crippen molar-refractivity contribution < 1.29 is 74.4 Å². The molecule has 7 rings (SSSR count). The van der Waals surface area contributed by atoms with Crippen molar-refractivity contribution in [2.75, 3.05) is 35.4 Å². The fourth-order valence-electron chi connectivity index (χ4n) is 7.66. The van der Waals surface area contributed by atoms with Gasteiger partial charge in [0.15, 0.2) is 11.3 Å². The third-order valence-electron chi connectivity index (χ3n) is 11.8. The summed E-state index contributed by atoms with van der Waals surface area (Å²) in [5, 5.41) is 58.2. The normalized spacial score (nSPS) is 12.5. The number of nitrogens with zero attached hydrogens (tertiary/aromatic N) is 11. The summed E-state index contributed by atoms with van der Waals surface area (Å²) in [6.45, 7) is 6.65. The number of nitriles is 1. The zero-order valence-electron chi connectivity index (χ0n) is 45.4. The maximum absolute atomic E-state index is 11.9. The highest BCUT2D eigenvalue weighted by Crippen LogP contribution is 2.44. The molecule has 5 N–H and O–H groups in total. The quantitative estimate of drug-likeness (QED) is 0.0154. The van der Waals surface area contributed by atoms with Gasteiger partial charge < -0.3 is 9.84 Å². The van der Waals surface area contributed by atoms with E-state index in [4.69, 9.17) is 29.0 Å². The molecule has 0 aliphatic heterocycles. The summed E-state index contributed by atoms with van der Waals surface area (Å²) >= 11 is 8.51. The molecule has 0 atom stereocenters. The first-order valence-corrected chi connectivity index (χ1v) is 34.3. The molecule has 0 fully saturated rings. The Labute approximate surface area is 507 Å². The smallest absolute Gasteiger partial charge is 0.425 e. The molecule has 86 heavy (non-hydrogen) atoms. The van der Waals surface area contributed by atoms with E-state index in [1.54, 1.807) is 75.4 Å². The lowest BCUT2D eigenvalue weighted by atomic mass is 10.1. The Kier molecular flexibility index (Phi) is 23.3. The molecule has 0 saturated carbocycles. The van der Waals surface area contributed by atoms with Gasteiger partial charge in [0.05, 0.1) is 73.9 Å². The minimum Gasteiger partial charge on any atom is -0.493 e. The largest absolute Gasteiger partial charge is 0.493 e. The van der Waals surface area contributed by atoms with Gasteiger partial charge in [0, 0.05) is 26.4 Å². The molecule has 0 saturated heterocycles. The van der Waals surface area contributed by atoms with Gasteiger partial charge >= 0.3 is 10.6 Å². The van der Waals surface area contributed by atoms with Crippen LogP contribution in [0.3, 0.4) is 0 Å². The molecule has 0 aliphatic rings. The molecular weight excluding hydrogens is 1290 g/mol. The molecule has 0 spiro atoms. The van der Waals surface area contributed by atoms with E-state index >= 15 is 0 Å². The summed E-state index contributed by atoms with van der Waals surface area (Å²) in [6.07, 6.45) is 0.382. The number of benzene rings is 5. The number of azo groups is 4. The highest BCUT2D eigenvalue weighted by Gasteiger charge is 2.23. The average molecular weight is 1340 g/mol. The first-order valence-electron chi connectivity index (χ1n) is 24.7. The molecule has 2 aromatic heterocycles. The second-order valence-electron chi connectivity index (χ2n) is 18.3. The Morgan fingerprint density at radius 2 is 1.07 bits per heavy atom. The highest BCUT2D eigenvalue weighted by atomic mass is 35.5. The Morgan fingerprint density at radius 1 is 0.605 bits per heavy atom. The van der Waals surface area contributed by atoms with Crippen LogP contribution in [0.25, 0.3) is 16.7 Å². The van der Waals surface area contributed by atoms with Gasteiger partial charge in [-0.25, -0.2) is 4.98 Å². The summed E-state index contributed by atoms with van der Waals surface area (Å²) in [7, 11) is -20.5. The van der Waals surface area contributed by atoms with E-state index in [1.807, 2.05) is 6.07 Å². The highest BCUT2D eigenvalue weighted by molar-refractivity contribution is 7.99. The van der Waals surface area contributed by atoms with E-state index in [9.17, 15) is 62.3 Å². The molecule has 0 aliphatic carbocycles. The third-order valence-corrected chi connectivity index (χ3v) is 17.6. The van der Waals surface area contributed by atoms with Gasteiger partial charge in [-0.15, -0.1) is 56.6 Å². The molecule has 0 amide bonds. The number of hydrogen-bond donors (Lipinski definition) is 5. The number of rotatable bonds is 25. The topological polar surface area (TPSA) is 438 Å². The van der Waals surface area contributed by atoms with E-state index in [1.165, 1.54) is 47.0 Å². The molecule has 5 aromatic carbocycles. The van der Waals surface area contributed by atoms with Crippen LogP contribution in [0, 0.1) is 39.0 Å². The Bertz CT molecular complexity index is 4500. The zero-order valence-corrected chi connectivity index (χ0v) is 51.8. The molecule has 0 bridgehead atoms. The molecule has 0 unspecified atom stereocenters. The number of aromatic nitrogens is 2. The predicted octanol–water partition coefficient (Wildman–Crippen LogP) is 12.6. The van der Waals surface area contributed by atoms with E-state index in [0.717, 1.165) is 12.1 Å². The van der Waals surface area contributed by atoms with Gasteiger partial charge in [0.2, 0.25) is 5.88 Å². The number of aryl methyl sites for hydroxylation is 3. The fraction of sp³-hybridized carbons (Fsp3) is 0.280. The summed E-state index contributed by atoms with van der Waals surface area (Å²) in [6, 6.07) is 22.1. The second kappa shape index (κ2) is 29.5. The van der Waals surface area contributed by atoms with Crippen LogP contribution in [0.2, 0.25) is 5.02 Å². The SMILES string of the molecule is Cc1cc(N=Nc2cc(SCCCS(=O)(=O)O)c(N=Nc3cc(OCCCCS(=O)(=O)O)c(N=Nc4c(C)c(C#N)c5nc6cc(S(=O)(=O)O)ccc6n5c4O)cc3C)cc2C)c(SCCCS(=O)(=O)O)cc1N=Nc1ccc(Cl)cc1.O=S(=O)=O. The second-order valence-corrected chi connectivity index (χ2v) is 27.6. The third kappa shape index (κ3) is 19.9. The van der Waals surface area contributed by atoms with Crippen LogP contribution in [0.4, 0.5) is 45.5 Å². The van der Waals surface area contributed by atoms with Crippen molar-refractivity contribution in [3.05, 3.63) is 112 Å². The fourth-order valence-corrected chi connectivity index (χ4v) is 12.1. The maximum Gasteiger partial charge on any atom is 0.425 e. The van der Waals surface area contributed by atoms with Crippen molar-refractivity contribution in [2.45, 2.75) is 68.1 Å². The van der Waals surface area contributed by atoms with Crippen LogP contribution in [-0.2, 0) is 51.1 Å². The number of unbranched alkanes of at least 4 members (excludes halogenated alkanes) is 1. The lowest BCUT2D eigenvalue weighted by Crippen LogP contribution is -2.06. The van der Waals surface area contributed by atoms with Gasteiger partial charge in [0.1, 0.15) is 23.1 Å². The van der Waals surface area contributed by atoms with Crippen molar-refractivity contribution in [1.29, 1.82) is 5.26 Å². The van der Waals surface area contributed by atoms with Crippen LogP contribution in [0.15, 0.2) is 134 Å². The van der Waals surface area contributed by atoms with Crippen molar-refractivity contribution >= 4 is 148 Å². The van der Waals surface area contributed by atoms with Crippen LogP contribution in [-0.4, -0.2) is 114 Å². The van der Waals surface area contributed by atoms with E-state index in [-0.39, 0.29) is 94.4 Å². The van der Waals surface area contributed by atoms with Crippen molar-refractivity contribution in [2.24, 2.45) is 40.9 Å². The molecule has 28 nitrogen and oxygen atoms in total. The number of aromatic hydroxyl groups is 1. The number of thioether (sulfide) groups is 2. The molecule has 0 radical (unpaired) electrons. The maximum atomic E-state index is 11.9. The Morgan fingerprint density at radius 3 is 1.57 bits per heavy atom. The number of ether oxygens (including phenoxy) is 1. The van der Waals surface area contributed by atoms with Gasteiger partial charge in [-0.1, -0.05) is 11.6 Å². The first kappa shape index (κ1) is 67.9. The predicted molar refractivity (Wildman–Crippen MR) is 320 cm³/mol. The summed E-state index contributed by atoms with van der Waals surface area (Å²) < 4.78 is 163. The van der Waals surface area contributed by atoms with Gasteiger partial charge in [-0.2, -0.15) is 59.4 Å². The zero-order chi connectivity index (χ0) is 63.3. The van der Waals surface area contributed by atoms with Crippen LogP contribution in [0.5, 0.6) is 11.6 Å². The number of halogens is 1. The van der Waals surface area contributed by atoms with E-state index in [2.05, 4.69) is 45.9 Å². The summed E-state index contributed by atoms with van der Waals surface area (Å²) in [4.78, 5) is 4.95. The lowest BCUT2D eigenvalue weighted by molar-refractivity contribution is 0.310. The molecule has 2 heterocycles. The Hall–Kier alpha value is -7.21. The molecule has 456 valence electrons. The van der Waals surface area contributed by atoms with E-state index < -0.39 is 79.1 Å².